The molecule has 1 amide bonds. The average molecular weight is 403 g/mol. The summed E-state index contributed by atoms with van der Waals surface area (Å²) < 4.78 is 5.61. The third-order valence-electron chi connectivity index (χ3n) is 5.09. The topological polar surface area (TPSA) is 57.7 Å². The van der Waals surface area contributed by atoms with Crippen LogP contribution in [0.5, 0.6) is 0 Å². The second-order valence-electron chi connectivity index (χ2n) is 6.90. The maximum atomic E-state index is 12.6. The van der Waals surface area contributed by atoms with Gasteiger partial charge in [-0.3, -0.25) is 9.69 Å². The summed E-state index contributed by atoms with van der Waals surface area (Å²) in [6.45, 7) is 11.1. The fourth-order valence-electron chi connectivity index (χ4n) is 3.59. The number of halogens is 1. The van der Waals surface area contributed by atoms with Crippen LogP contribution in [0.15, 0.2) is 5.38 Å². The maximum absolute atomic E-state index is 12.6. The van der Waals surface area contributed by atoms with Crippen molar-refractivity contribution >= 4 is 29.7 Å². The molecule has 1 unspecified atom stereocenters. The van der Waals surface area contributed by atoms with Crippen LogP contribution in [0, 0.1) is 5.92 Å². The molecule has 2 fully saturated rings. The minimum absolute atomic E-state index is 0. The predicted octanol–water partition coefficient (Wildman–Crippen LogP) is 2.31. The largest absolute Gasteiger partial charge is 0.372 e. The van der Waals surface area contributed by atoms with Gasteiger partial charge in [0, 0.05) is 50.6 Å². The van der Waals surface area contributed by atoms with E-state index in [0.29, 0.717) is 12.5 Å². The Bertz CT molecular complexity index is 557. The van der Waals surface area contributed by atoms with E-state index in [1.807, 2.05) is 6.92 Å². The fourth-order valence-corrected chi connectivity index (χ4v) is 4.40. The molecule has 3 rings (SSSR count). The molecule has 0 spiro atoms. The molecule has 2 aliphatic rings. The molecule has 6 nitrogen and oxygen atoms in total. The lowest BCUT2D eigenvalue weighted by molar-refractivity contribution is -0.138. The van der Waals surface area contributed by atoms with Crippen molar-refractivity contribution in [1.82, 2.24) is 20.1 Å². The van der Waals surface area contributed by atoms with Gasteiger partial charge >= 0.3 is 0 Å². The summed E-state index contributed by atoms with van der Waals surface area (Å²) >= 11 is 1.68. The minimum Gasteiger partial charge on any atom is -0.372 e. The zero-order valence-corrected chi connectivity index (χ0v) is 17.4. The van der Waals surface area contributed by atoms with Crippen LogP contribution >= 0.6 is 23.7 Å². The van der Waals surface area contributed by atoms with E-state index in [1.54, 1.807) is 11.3 Å². The van der Waals surface area contributed by atoms with Crippen LogP contribution in [0.4, 0.5) is 0 Å². The lowest BCUT2D eigenvalue weighted by Gasteiger charge is -2.37. The Morgan fingerprint density at radius 1 is 1.35 bits per heavy atom. The summed E-state index contributed by atoms with van der Waals surface area (Å²) in [4.78, 5) is 21.8. The second-order valence-corrected chi connectivity index (χ2v) is 7.79. The van der Waals surface area contributed by atoms with Crippen LogP contribution in [0.3, 0.4) is 0 Å². The first kappa shape index (κ1) is 21.6. The molecule has 8 heteroatoms. The molecule has 2 aliphatic heterocycles. The van der Waals surface area contributed by atoms with Gasteiger partial charge in [0.25, 0.3) is 0 Å². The first-order valence-electron chi connectivity index (χ1n) is 9.45. The van der Waals surface area contributed by atoms with E-state index in [9.17, 15) is 4.79 Å². The van der Waals surface area contributed by atoms with Gasteiger partial charge in [0.1, 0.15) is 11.1 Å². The molecule has 26 heavy (non-hydrogen) atoms. The number of hydrogen-bond acceptors (Lipinski definition) is 6. The van der Waals surface area contributed by atoms with Crippen LogP contribution in [0.25, 0.3) is 0 Å². The molecule has 0 saturated carbocycles. The highest BCUT2D eigenvalue weighted by atomic mass is 35.5. The summed E-state index contributed by atoms with van der Waals surface area (Å²) in [5.74, 6) is 0.594. The van der Waals surface area contributed by atoms with Crippen molar-refractivity contribution in [3.63, 3.8) is 0 Å². The molecule has 148 valence electrons. The van der Waals surface area contributed by atoms with E-state index in [-0.39, 0.29) is 24.4 Å². The molecule has 2 saturated heterocycles. The summed E-state index contributed by atoms with van der Waals surface area (Å²) in [5, 5.41) is 6.52. The van der Waals surface area contributed by atoms with Crippen molar-refractivity contribution in [2.24, 2.45) is 5.92 Å². The van der Waals surface area contributed by atoms with E-state index >= 15 is 0 Å². The van der Waals surface area contributed by atoms with Crippen LogP contribution in [0.2, 0.25) is 0 Å². The Balaban J connectivity index is 0.00000243. The van der Waals surface area contributed by atoms with Gasteiger partial charge in [-0.25, -0.2) is 4.98 Å². The number of thiazole rings is 1. The summed E-state index contributed by atoms with van der Waals surface area (Å²) in [5.41, 5.74) is 1.12. The normalized spacial score (nSPS) is 20.6. The maximum Gasteiger partial charge on any atom is 0.225 e. The van der Waals surface area contributed by atoms with E-state index in [4.69, 9.17) is 9.72 Å². The highest BCUT2D eigenvalue weighted by Gasteiger charge is 2.28. The van der Waals surface area contributed by atoms with Crippen molar-refractivity contribution in [2.45, 2.75) is 39.3 Å². The lowest BCUT2D eigenvalue weighted by atomic mass is 9.96. The molecule has 1 N–H and O–H groups in total. The van der Waals surface area contributed by atoms with E-state index in [1.165, 1.54) is 0 Å². The third kappa shape index (κ3) is 5.63. The summed E-state index contributed by atoms with van der Waals surface area (Å²) in [6.07, 6.45) is 2.04. The molecular formula is C18H31ClN4O2S. The molecule has 0 aliphatic carbocycles. The van der Waals surface area contributed by atoms with Gasteiger partial charge in [-0.1, -0.05) is 0 Å². The van der Waals surface area contributed by atoms with Crippen LogP contribution in [0.1, 0.15) is 43.5 Å². The standard InChI is InChI=1S/C18H30N4O2S.ClH/c1-3-24-14(2)17-20-16(13-25-17)12-21-8-10-22(11-9-21)18(23)15-4-6-19-7-5-15;/h13-15,19H,3-12H2,1-2H3;1H. The number of nitrogens with zero attached hydrogens (tertiary/aromatic N) is 3. The Kier molecular flexibility index (Phi) is 8.76. The fraction of sp³-hybridized carbons (Fsp3) is 0.778. The average Bonchev–Trinajstić information content (AvgIpc) is 3.11. The molecular weight excluding hydrogens is 372 g/mol. The van der Waals surface area contributed by atoms with Gasteiger partial charge in [-0.2, -0.15) is 0 Å². The number of carbonyl (C=O) groups is 1. The number of amides is 1. The number of nitrogens with one attached hydrogen (secondary N) is 1. The minimum atomic E-state index is 0. The molecule has 0 aromatic carbocycles. The van der Waals surface area contributed by atoms with Crippen molar-refractivity contribution in [3.05, 3.63) is 16.1 Å². The van der Waals surface area contributed by atoms with Crippen molar-refractivity contribution < 1.29 is 9.53 Å². The van der Waals surface area contributed by atoms with Gasteiger partial charge in [-0.15, -0.1) is 23.7 Å². The van der Waals surface area contributed by atoms with Crippen molar-refractivity contribution in [3.8, 4) is 0 Å². The quantitative estimate of drug-likeness (QED) is 0.791. The number of carbonyl (C=O) groups excluding carboxylic acids is 1. The van der Waals surface area contributed by atoms with Gasteiger partial charge in [0.15, 0.2) is 0 Å². The van der Waals surface area contributed by atoms with Gasteiger partial charge in [0.2, 0.25) is 5.91 Å². The van der Waals surface area contributed by atoms with Crippen LogP contribution in [-0.4, -0.2) is 66.6 Å². The first-order chi connectivity index (χ1) is 12.2. The molecule has 0 radical (unpaired) electrons. The SMILES string of the molecule is CCOC(C)c1nc(CN2CCN(C(=O)C3CCNCC3)CC2)cs1.Cl. The number of ether oxygens (including phenoxy) is 1. The highest BCUT2D eigenvalue weighted by molar-refractivity contribution is 7.09. The Hall–Kier alpha value is -0.730. The molecule has 0 bridgehead atoms. The highest BCUT2D eigenvalue weighted by Crippen LogP contribution is 2.22. The summed E-state index contributed by atoms with van der Waals surface area (Å²) in [6, 6.07) is 0. The van der Waals surface area contributed by atoms with Crippen LogP contribution in [-0.2, 0) is 16.1 Å². The molecule has 1 aromatic rings. The zero-order chi connectivity index (χ0) is 17.6. The smallest absolute Gasteiger partial charge is 0.225 e. The second kappa shape index (κ2) is 10.6. The summed E-state index contributed by atoms with van der Waals surface area (Å²) in [7, 11) is 0. The van der Waals surface area contributed by atoms with E-state index in [0.717, 1.165) is 69.4 Å². The van der Waals surface area contributed by atoms with Crippen molar-refractivity contribution in [1.29, 1.82) is 0 Å². The van der Waals surface area contributed by atoms with Gasteiger partial charge in [0.05, 0.1) is 5.69 Å². The van der Waals surface area contributed by atoms with Crippen molar-refractivity contribution in [2.75, 3.05) is 45.9 Å². The number of hydrogen-bond donors (Lipinski definition) is 1. The van der Waals surface area contributed by atoms with Crippen LogP contribution < -0.4 is 5.32 Å². The number of piperazine rings is 1. The third-order valence-corrected chi connectivity index (χ3v) is 6.15. The van der Waals surface area contributed by atoms with Gasteiger partial charge in [-0.05, 0) is 39.8 Å². The number of piperidine rings is 1. The van der Waals surface area contributed by atoms with E-state index in [2.05, 4.69) is 27.4 Å². The Morgan fingerprint density at radius 3 is 2.69 bits per heavy atom. The van der Waals surface area contributed by atoms with E-state index < -0.39 is 0 Å². The lowest BCUT2D eigenvalue weighted by Crippen LogP contribution is -2.51. The molecule has 1 atom stereocenters. The monoisotopic (exact) mass is 402 g/mol. The van der Waals surface area contributed by atoms with Gasteiger partial charge < -0.3 is 15.0 Å². The first-order valence-corrected chi connectivity index (χ1v) is 10.3. The number of rotatable bonds is 6. The zero-order valence-electron chi connectivity index (χ0n) is 15.8. The predicted molar refractivity (Wildman–Crippen MR) is 107 cm³/mol. The molecule has 1 aromatic heterocycles. The number of aromatic nitrogens is 1. The molecule has 3 heterocycles. The Morgan fingerprint density at radius 2 is 2.04 bits per heavy atom. The Labute approximate surface area is 166 Å².